The van der Waals surface area contributed by atoms with Crippen LogP contribution in [0.25, 0.3) is 6.08 Å². The molecule has 0 atom stereocenters. The van der Waals surface area contributed by atoms with E-state index in [1.165, 1.54) is 23.8 Å². The third-order valence-corrected chi connectivity index (χ3v) is 7.09. The van der Waals surface area contributed by atoms with E-state index in [0.29, 0.717) is 38.0 Å². The van der Waals surface area contributed by atoms with Gasteiger partial charge in [-0.25, -0.2) is 0 Å². The van der Waals surface area contributed by atoms with Crippen molar-refractivity contribution < 1.29 is 19.1 Å². The summed E-state index contributed by atoms with van der Waals surface area (Å²) in [6.07, 6.45) is 1.74. The van der Waals surface area contributed by atoms with Crippen molar-refractivity contribution in [3.8, 4) is 11.5 Å². The number of halogens is 1. The van der Waals surface area contributed by atoms with Gasteiger partial charge in [-0.2, -0.15) is 0 Å². The summed E-state index contributed by atoms with van der Waals surface area (Å²) in [5.74, 6) is 0.399. The Balaban J connectivity index is 1.42. The molecule has 0 aromatic heterocycles. The van der Waals surface area contributed by atoms with Crippen LogP contribution >= 0.6 is 35.6 Å². The number of hydrogen-bond acceptors (Lipinski definition) is 6. The number of amides is 2. The maximum absolute atomic E-state index is 13.1. The number of nitrogens with one attached hydrogen (secondary N) is 1. The lowest BCUT2D eigenvalue weighted by Gasteiger charge is -2.15. The Morgan fingerprint density at radius 2 is 1.89 bits per heavy atom. The molecule has 1 aliphatic heterocycles. The maximum atomic E-state index is 13.1. The van der Waals surface area contributed by atoms with Crippen LogP contribution in [0, 0.1) is 6.92 Å². The van der Waals surface area contributed by atoms with Gasteiger partial charge in [-0.05, 0) is 54.0 Å². The van der Waals surface area contributed by atoms with E-state index in [-0.39, 0.29) is 18.4 Å². The van der Waals surface area contributed by atoms with E-state index in [2.05, 4.69) is 5.32 Å². The average Bonchev–Trinajstić information content (AvgIpc) is 3.16. The van der Waals surface area contributed by atoms with Gasteiger partial charge in [-0.15, -0.1) is 0 Å². The first kappa shape index (κ1) is 25.8. The first-order valence-electron chi connectivity index (χ1n) is 11.0. The minimum Gasteiger partial charge on any atom is -0.493 e. The Bertz CT molecular complexity index is 1340. The van der Waals surface area contributed by atoms with Crippen molar-refractivity contribution >= 4 is 63.5 Å². The van der Waals surface area contributed by atoms with Crippen LogP contribution in [0.2, 0.25) is 5.02 Å². The smallest absolute Gasteiger partial charge is 0.270 e. The Morgan fingerprint density at radius 1 is 1.11 bits per heavy atom. The molecule has 1 heterocycles. The van der Waals surface area contributed by atoms with Crippen molar-refractivity contribution in [1.82, 2.24) is 5.32 Å². The minimum atomic E-state index is -0.245. The molecule has 1 fully saturated rings. The van der Waals surface area contributed by atoms with Crippen LogP contribution in [0.1, 0.15) is 16.7 Å². The van der Waals surface area contributed by atoms with Crippen LogP contribution in [0.3, 0.4) is 0 Å². The highest BCUT2D eigenvalue weighted by molar-refractivity contribution is 8.27. The number of thioether (sulfide) groups is 1. The van der Waals surface area contributed by atoms with Gasteiger partial charge >= 0.3 is 0 Å². The summed E-state index contributed by atoms with van der Waals surface area (Å²) in [4.78, 5) is 27.2. The number of nitrogens with zero attached hydrogens (tertiary/aromatic N) is 1. The normalized spacial score (nSPS) is 14.3. The van der Waals surface area contributed by atoms with Gasteiger partial charge in [0, 0.05) is 11.6 Å². The second-order valence-corrected chi connectivity index (χ2v) is 9.99. The molecule has 1 aliphatic rings. The first-order chi connectivity index (χ1) is 17.4. The van der Waals surface area contributed by atoms with Crippen molar-refractivity contribution in [2.45, 2.75) is 13.5 Å². The predicted molar refractivity (Wildman–Crippen MR) is 149 cm³/mol. The Hall–Kier alpha value is -3.33. The van der Waals surface area contributed by atoms with Gasteiger partial charge in [0.15, 0.2) is 22.4 Å². The Kier molecular flexibility index (Phi) is 8.30. The van der Waals surface area contributed by atoms with Crippen LogP contribution in [0.15, 0.2) is 71.6 Å². The van der Waals surface area contributed by atoms with E-state index < -0.39 is 0 Å². The van der Waals surface area contributed by atoms with Gasteiger partial charge in [-0.3, -0.25) is 14.5 Å². The summed E-state index contributed by atoms with van der Waals surface area (Å²) in [6.45, 7) is 2.17. The molecule has 0 saturated carbocycles. The quantitative estimate of drug-likeness (QED) is 0.290. The molecule has 0 spiro atoms. The fraction of sp³-hybridized carbons (Fsp3) is 0.148. The molecule has 0 unspecified atom stereocenters. The molecule has 6 nitrogen and oxygen atoms in total. The molecule has 0 bridgehead atoms. The van der Waals surface area contributed by atoms with Gasteiger partial charge in [0.25, 0.3) is 11.8 Å². The third kappa shape index (κ3) is 6.07. The lowest BCUT2D eigenvalue weighted by atomic mass is 10.1. The lowest BCUT2D eigenvalue weighted by molar-refractivity contribution is -0.123. The van der Waals surface area contributed by atoms with Gasteiger partial charge in [0.1, 0.15) is 0 Å². The Labute approximate surface area is 224 Å². The Morgan fingerprint density at radius 3 is 2.61 bits per heavy atom. The van der Waals surface area contributed by atoms with Crippen molar-refractivity contribution in [3.63, 3.8) is 0 Å². The van der Waals surface area contributed by atoms with Gasteiger partial charge in [0.05, 0.1) is 17.7 Å². The van der Waals surface area contributed by atoms with Gasteiger partial charge in [-0.1, -0.05) is 78.0 Å². The summed E-state index contributed by atoms with van der Waals surface area (Å²) >= 11 is 12.9. The number of anilines is 1. The van der Waals surface area contributed by atoms with E-state index >= 15 is 0 Å². The predicted octanol–water partition coefficient (Wildman–Crippen LogP) is 5.76. The molecule has 184 valence electrons. The molecule has 9 heteroatoms. The highest BCUT2D eigenvalue weighted by Gasteiger charge is 2.33. The van der Waals surface area contributed by atoms with Gasteiger partial charge < -0.3 is 14.8 Å². The molecular weight excluding hydrogens is 516 g/mol. The molecule has 3 aromatic rings. The number of carbonyl (C=O) groups is 2. The summed E-state index contributed by atoms with van der Waals surface area (Å²) in [6, 6.07) is 20.3. The van der Waals surface area contributed by atoms with Crippen LogP contribution in [0.5, 0.6) is 11.5 Å². The zero-order chi connectivity index (χ0) is 25.7. The first-order valence-corrected chi connectivity index (χ1v) is 12.6. The zero-order valence-corrected chi connectivity index (χ0v) is 22.0. The molecule has 0 aliphatic carbocycles. The van der Waals surface area contributed by atoms with E-state index in [1.807, 2.05) is 49.4 Å². The summed E-state index contributed by atoms with van der Waals surface area (Å²) in [5.41, 5.74) is 3.28. The fourth-order valence-corrected chi connectivity index (χ4v) is 4.92. The largest absolute Gasteiger partial charge is 0.493 e. The molecule has 1 saturated heterocycles. The highest BCUT2D eigenvalue weighted by atomic mass is 35.5. The van der Waals surface area contributed by atoms with Crippen molar-refractivity contribution in [2.24, 2.45) is 0 Å². The second kappa shape index (κ2) is 11.6. The topological polar surface area (TPSA) is 67.9 Å². The molecular formula is C27H23ClN2O4S2. The van der Waals surface area contributed by atoms with Crippen molar-refractivity contribution in [1.29, 1.82) is 0 Å². The summed E-state index contributed by atoms with van der Waals surface area (Å²) in [5, 5.41) is 3.39. The monoisotopic (exact) mass is 538 g/mol. The standard InChI is InChI=1S/C27H23ClN2O4S2/c1-17-8-10-20(14-21(17)28)30-26(32)24(36-27(30)35)13-19-9-11-22(23(12-19)33-2)34-16-25(31)29-15-18-6-4-3-5-7-18/h3-14H,15-16H2,1-2H3,(H,29,31)/b24-13-. The number of carbonyl (C=O) groups excluding carboxylic acids is 2. The zero-order valence-electron chi connectivity index (χ0n) is 19.6. The lowest BCUT2D eigenvalue weighted by Crippen LogP contribution is -2.28. The molecule has 2 amide bonds. The van der Waals surface area contributed by atoms with E-state index in [1.54, 1.807) is 30.3 Å². The van der Waals surface area contributed by atoms with Crippen molar-refractivity contribution in [3.05, 3.63) is 93.3 Å². The fourth-order valence-electron chi connectivity index (χ4n) is 3.45. The van der Waals surface area contributed by atoms with Crippen LogP contribution in [0.4, 0.5) is 5.69 Å². The summed E-state index contributed by atoms with van der Waals surface area (Å²) < 4.78 is 11.5. The molecule has 3 aromatic carbocycles. The maximum Gasteiger partial charge on any atom is 0.270 e. The van der Waals surface area contributed by atoms with E-state index in [0.717, 1.165) is 16.7 Å². The second-order valence-electron chi connectivity index (χ2n) is 7.91. The number of hydrogen-bond donors (Lipinski definition) is 1. The van der Waals surface area contributed by atoms with E-state index in [9.17, 15) is 9.59 Å². The van der Waals surface area contributed by atoms with Crippen LogP contribution < -0.4 is 19.7 Å². The van der Waals surface area contributed by atoms with Crippen molar-refractivity contribution in [2.75, 3.05) is 18.6 Å². The molecule has 4 rings (SSSR count). The van der Waals surface area contributed by atoms with Crippen LogP contribution in [-0.2, 0) is 16.1 Å². The number of ether oxygens (including phenoxy) is 2. The number of thiocarbonyl (C=S) groups is 1. The van der Waals surface area contributed by atoms with E-state index in [4.69, 9.17) is 33.3 Å². The number of benzene rings is 3. The highest BCUT2D eigenvalue weighted by Crippen LogP contribution is 2.38. The number of rotatable bonds is 8. The third-order valence-electron chi connectivity index (χ3n) is 5.38. The summed E-state index contributed by atoms with van der Waals surface area (Å²) in [7, 11) is 1.52. The molecule has 0 radical (unpaired) electrons. The van der Waals surface area contributed by atoms with Gasteiger partial charge in [0.2, 0.25) is 0 Å². The SMILES string of the molecule is COc1cc(/C=C2\SC(=S)N(c3ccc(C)c(Cl)c3)C2=O)ccc1OCC(=O)NCc1ccccc1. The molecule has 1 N–H and O–H groups in total. The number of methoxy groups -OCH3 is 1. The number of aryl methyl sites for hydroxylation is 1. The average molecular weight is 539 g/mol. The molecule has 36 heavy (non-hydrogen) atoms. The minimum absolute atomic E-state index is 0.152. The van der Waals surface area contributed by atoms with Crippen LogP contribution in [-0.4, -0.2) is 29.9 Å².